The molecule has 1 saturated heterocycles. The van der Waals surface area contributed by atoms with Crippen LogP contribution < -0.4 is 15.4 Å². The maximum Gasteiger partial charge on any atom is 0.401 e. The van der Waals surface area contributed by atoms with Crippen LogP contribution in [0, 0.1) is 6.92 Å². The van der Waals surface area contributed by atoms with E-state index in [4.69, 9.17) is 4.74 Å². The average molecular weight is 486 g/mol. The summed E-state index contributed by atoms with van der Waals surface area (Å²) in [7, 11) is 1.64. The van der Waals surface area contributed by atoms with Crippen LogP contribution in [0.25, 0.3) is 0 Å². The number of aryl methyl sites for hydroxylation is 1. The summed E-state index contributed by atoms with van der Waals surface area (Å²) in [6.45, 7) is 2.94. The van der Waals surface area contributed by atoms with Gasteiger partial charge < -0.3 is 15.4 Å². The molecule has 1 aromatic rings. The monoisotopic (exact) mass is 486 g/mol. The average Bonchev–Trinajstić information content (AvgIpc) is 2.96. The quantitative estimate of drug-likeness (QED) is 0.281. The molecule has 0 saturated carbocycles. The molecule has 1 aliphatic heterocycles. The maximum atomic E-state index is 12.4. The highest BCUT2D eigenvalue weighted by atomic mass is 127. The number of likely N-dealkylation sites (tertiary alicyclic amines) is 1. The minimum Gasteiger partial charge on any atom is -0.491 e. The van der Waals surface area contributed by atoms with Gasteiger partial charge in [-0.05, 0) is 25.0 Å². The van der Waals surface area contributed by atoms with E-state index in [9.17, 15) is 13.2 Å². The number of rotatable bonds is 6. The van der Waals surface area contributed by atoms with Gasteiger partial charge in [0, 0.05) is 26.2 Å². The topological polar surface area (TPSA) is 48.9 Å². The van der Waals surface area contributed by atoms with Crippen LogP contribution in [-0.4, -0.2) is 62.9 Å². The van der Waals surface area contributed by atoms with Crippen LogP contribution in [0.1, 0.15) is 12.0 Å². The molecule has 9 heteroatoms. The van der Waals surface area contributed by atoms with E-state index < -0.39 is 12.7 Å². The van der Waals surface area contributed by atoms with Crippen molar-refractivity contribution >= 4 is 29.9 Å². The molecule has 2 N–H and O–H groups in total. The van der Waals surface area contributed by atoms with E-state index in [2.05, 4.69) is 15.6 Å². The Morgan fingerprint density at radius 3 is 2.73 bits per heavy atom. The first kappa shape index (κ1) is 22.8. The summed E-state index contributed by atoms with van der Waals surface area (Å²) in [5.74, 6) is 1.41. The van der Waals surface area contributed by atoms with Crippen molar-refractivity contribution in [2.24, 2.45) is 4.99 Å². The van der Waals surface area contributed by atoms with Gasteiger partial charge in [0.1, 0.15) is 12.4 Å². The summed E-state index contributed by atoms with van der Waals surface area (Å²) in [6.07, 6.45) is -3.49. The Bertz CT molecular complexity index is 583. The first-order valence-corrected chi connectivity index (χ1v) is 8.32. The second-order valence-electron chi connectivity index (χ2n) is 6.09. The first-order valence-electron chi connectivity index (χ1n) is 8.32. The summed E-state index contributed by atoms with van der Waals surface area (Å²) in [5.41, 5.74) is 1.07. The summed E-state index contributed by atoms with van der Waals surface area (Å²) in [6, 6.07) is 7.73. The number of ether oxygens (including phenoxy) is 1. The standard InChI is InChI=1S/C17H25F3N4O.HI/c1-13-5-3-4-6-15(13)25-10-8-22-16(21-2)23-14-7-9-24(11-14)12-17(18,19)20;/h3-6,14H,7-12H2,1-2H3,(H2,21,22,23);1H. The van der Waals surface area contributed by atoms with Crippen molar-refractivity contribution < 1.29 is 17.9 Å². The van der Waals surface area contributed by atoms with Crippen molar-refractivity contribution in [2.75, 3.05) is 39.8 Å². The molecule has 2 rings (SSSR count). The van der Waals surface area contributed by atoms with Gasteiger partial charge in [-0.3, -0.25) is 9.89 Å². The molecule has 26 heavy (non-hydrogen) atoms. The van der Waals surface area contributed by atoms with Gasteiger partial charge in [-0.1, -0.05) is 18.2 Å². The minimum atomic E-state index is -4.15. The van der Waals surface area contributed by atoms with Crippen LogP contribution in [0.2, 0.25) is 0 Å². The predicted octanol–water partition coefficient (Wildman–Crippen LogP) is 2.79. The van der Waals surface area contributed by atoms with Gasteiger partial charge in [-0.2, -0.15) is 13.2 Å². The fraction of sp³-hybridized carbons (Fsp3) is 0.588. The van der Waals surface area contributed by atoms with Crippen LogP contribution in [0.5, 0.6) is 5.75 Å². The number of halogens is 4. The van der Waals surface area contributed by atoms with Gasteiger partial charge in [-0.25, -0.2) is 0 Å². The molecule has 0 amide bonds. The van der Waals surface area contributed by atoms with Crippen LogP contribution >= 0.6 is 24.0 Å². The Morgan fingerprint density at radius 2 is 2.08 bits per heavy atom. The first-order chi connectivity index (χ1) is 11.9. The van der Waals surface area contributed by atoms with E-state index in [-0.39, 0.29) is 30.0 Å². The molecular formula is C17H26F3IN4O. The van der Waals surface area contributed by atoms with E-state index in [0.29, 0.717) is 38.6 Å². The lowest BCUT2D eigenvalue weighted by molar-refractivity contribution is -0.143. The second-order valence-corrected chi connectivity index (χ2v) is 6.09. The van der Waals surface area contributed by atoms with Gasteiger partial charge in [0.2, 0.25) is 0 Å². The molecule has 1 unspecified atom stereocenters. The Balaban J connectivity index is 0.00000338. The fourth-order valence-electron chi connectivity index (χ4n) is 2.78. The molecule has 0 spiro atoms. The second kappa shape index (κ2) is 10.8. The normalized spacial score (nSPS) is 18.3. The van der Waals surface area contributed by atoms with Crippen LogP contribution in [-0.2, 0) is 0 Å². The zero-order valence-corrected chi connectivity index (χ0v) is 17.3. The van der Waals surface area contributed by atoms with E-state index in [1.165, 1.54) is 4.90 Å². The molecule has 0 bridgehead atoms. The number of nitrogens with zero attached hydrogens (tertiary/aromatic N) is 2. The number of nitrogens with one attached hydrogen (secondary N) is 2. The zero-order chi connectivity index (χ0) is 18.3. The molecule has 0 aromatic heterocycles. The van der Waals surface area contributed by atoms with Crippen LogP contribution in [0.3, 0.4) is 0 Å². The third kappa shape index (κ3) is 7.98. The van der Waals surface area contributed by atoms with Crippen molar-refractivity contribution in [1.82, 2.24) is 15.5 Å². The summed E-state index contributed by atoms with van der Waals surface area (Å²) < 4.78 is 43.0. The maximum absolute atomic E-state index is 12.4. The van der Waals surface area contributed by atoms with Crippen molar-refractivity contribution in [3.05, 3.63) is 29.8 Å². The zero-order valence-electron chi connectivity index (χ0n) is 15.0. The van der Waals surface area contributed by atoms with Gasteiger partial charge in [0.05, 0.1) is 13.1 Å². The fourth-order valence-corrected chi connectivity index (χ4v) is 2.78. The SMILES string of the molecule is CN=C(NCCOc1ccccc1C)NC1CCN(CC(F)(F)F)C1.I. The van der Waals surface area contributed by atoms with E-state index in [0.717, 1.165) is 11.3 Å². The summed E-state index contributed by atoms with van der Waals surface area (Å²) >= 11 is 0. The molecular weight excluding hydrogens is 460 g/mol. The van der Waals surface area contributed by atoms with E-state index in [1.54, 1.807) is 7.05 Å². The lowest BCUT2D eigenvalue weighted by Crippen LogP contribution is -2.46. The molecule has 148 valence electrons. The van der Waals surface area contributed by atoms with Crippen molar-refractivity contribution in [1.29, 1.82) is 0 Å². The van der Waals surface area contributed by atoms with Gasteiger partial charge in [0.15, 0.2) is 5.96 Å². The molecule has 0 radical (unpaired) electrons. The summed E-state index contributed by atoms with van der Waals surface area (Å²) in [4.78, 5) is 5.52. The van der Waals surface area contributed by atoms with Gasteiger partial charge in [0.25, 0.3) is 0 Å². The Morgan fingerprint density at radius 1 is 1.35 bits per heavy atom. The van der Waals surface area contributed by atoms with Crippen LogP contribution in [0.4, 0.5) is 13.2 Å². The summed E-state index contributed by atoms with van der Waals surface area (Å²) in [5, 5.41) is 6.29. The highest BCUT2D eigenvalue weighted by Gasteiger charge is 2.34. The van der Waals surface area contributed by atoms with Crippen molar-refractivity contribution in [2.45, 2.75) is 25.6 Å². The van der Waals surface area contributed by atoms with Crippen LogP contribution in [0.15, 0.2) is 29.3 Å². The Hall–Kier alpha value is -1.23. The van der Waals surface area contributed by atoms with Gasteiger partial charge >= 0.3 is 6.18 Å². The molecule has 1 aliphatic rings. The molecule has 1 atom stereocenters. The molecule has 1 aromatic carbocycles. The smallest absolute Gasteiger partial charge is 0.401 e. The lowest BCUT2D eigenvalue weighted by Gasteiger charge is -2.20. The number of para-hydroxylation sites is 1. The highest BCUT2D eigenvalue weighted by Crippen LogP contribution is 2.20. The molecule has 5 nitrogen and oxygen atoms in total. The van der Waals surface area contributed by atoms with E-state index in [1.807, 2.05) is 31.2 Å². The number of hydrogen-bond donors (Lipinski definition) is 2. The number of alkyl halides is 3. The van der Waals surface area contributed by atoms with Gasteiger partial charge in [-0.15, -0.1) is 24.0 Å². The number of guanidine groups is 1. The largest absolute Gasteiger partial charge is 0.491 e. The number of benzene rings is 1. The Labute approximate surface area is 169 Å². The highest BCUT2D eigenvalue weighted by molar-refractivity contribution is 14.0. The molecule has 1 fully saturated rings. The number of hydrogen-bond acceptors (Lipinski definition) is 3. The lowest BCUT2D eigenvalue weighted by atomic mass is 10.2. The third-order valence-corrected chi connectivity index (χ3v) is 3.99. The Kier molecular flexibility index (Phi) is 9.48. The minimum absolute atomic E-state index is 0. The molecule has 1 heterocycles. The third-order valence-electron chi connectivity index (χ3n) is 3.99. The van der Waals surface area contributed by atoms with Crippen molar-refractivity contribution in [3.8, 4) is 5.75 Å². The number of aliphatic imine (C=N–C) groups is 1. The molecule has 0 aliphatic carbocycles. The van der Waals surface area contributed by atoms with E-state index >= 15 is 0 Å². The predicted molar refractivity (Wildman–Crippen MR) is 107 cm³/mol. The van der Waals surface area contributed by atoms with Crippen molar-refractivity contribution in [3.63, 3.8) is 0 Å².